The van der Waals surface area contributed by atoms with Crippen molar-refractivity contribution in [2.75, 3.05) is 0 Å². The number of azo groups is 1. The Labute approximate surface area is 114 Å². The molecule has 2 aromatic rings. The second kappa shape index (κ2) is 4.11. The molecule has 1 atom stereocenters. The van der Waals surface area contributed by atoms with Crippen LogP contribution in [0.4, 0.5) is 5.69 Å². The lowest BCUT2D eigenvalue weighted by Crippen LogP contribution is -1.89. The van der Waals surface area contributed by atoms with Gasteiger partial charge in [-0.2, -0.15) is 10.2 Å². The maximum Gasteiger partial charge on any atom is 0.144 e. The highest BCUT2D eigenvalue weighted by atomic mass is 35.5. The normalized spacial score (nSPS) is 21.6. The van der Waals surface area contributed by atoms with Gasteiger partial charge in [0, 0.05) is 11.8 Å². The first-order valence-corrected chi connectivity index (χ1v) is 6.33. The van der Waals surface area contributed by atoms with Crippen molar-refractivity contribution < 1.29 is 5.11 Å². The van der Waals surface area contributed by atoms with E-state index in [1.807, 2.05) is 30.3 Å². The number of rotatable bonds is 2. The standard InChI is InChI=1S/C13H10Cl2N2O/c14-13(15)7-11(13)16-17-12-9-4-2-1-3-8(9)5-6-10(12)18/h1-6,11,18H,7H2. The van der Waals surface area contributed by atoms with Gasteiger partial charge in [-0.25, -0.2) is 0 Å². The summed E-state index contributed by atoms with van der Waals surface area (Å²) in [5, 5.41) is 19.9. The van der Waals surface area contributed by atoms with Crippen LogP contribution in [0.2, 0.25) is 0 Å². The van der Waals surface area contributed by atoms with Gasteiger partial charge in [-0.15, -0.1) is 0 Å². The Bertz CT molecular complexity index is 640. The minimum absolute atomic E-state index is 0.104. The van der Waals surface area contributed by atoms with Crippen molar-refractivity contribution >= 4 is 39.7 Å². The van der Waals surface area contributed by atoms with Crippen molar-refractivity contribution in [2.45, 2.75) is 16.8 Å². The molecule has 0 aliphatic heterocycles. The van der Waals surface area contributed by atoms with E-state index in [0.717, 1.165) is 10.8 Å². The molecular formula is C13H10Cl2N2O. The van der Waals surface area contributed by atoms with E-state index in [1.54, 1.807) is 6.07 Å². The summed E-state index contributed by atoms with van der Waals surface area (Å²) in [6.07, 6.45) is 0.602. The van der Waals surface area contributed by atoms with E-state index >= 15 is 0 Å². The summed E-state index contributed by atoms with van der Waals surface area (Å²) in [5.41, 5.74) is 0.462. The van der Waals surface area contributed by atoms with Crippen molar-refractivity contribution in [2.24, 2.45) is 10.2 Å². The van der Waals surface area contributed by atoms with Gasteiger partial charge in [0.25, 0.3) is 0 Å². The number of phenolic OH excluding ortho intramolecular Hbond substituents is 1. The molecule has 5 heteroatoms. The highest BCUT2D eigenvalue weighted by Gasteiger charge is 2.52. The second-order valence-electron chi connectivity index (χ2n) is 4.35. The van der Waals surface area contributed by atoms with Gasteiger partial charge in [0.2, 0.25) is 0 Å². The van der Waals surface area contributed by atoms with Crippen LogP contribution in [0.3, 0.4) is 0 Å². The maximum atomic E-state index is 9.85. The van der Waals surface area contributed by atoms with Gasteiger partial charge >= 0.3 is 0 Å². The lowest BCUT2D eigenvalue weighted by Gasteiger charge is -2.03. The third-order valence-electron chi connectivity index (χ3n) is 2.97. The van der Waals surface area contributed by atoms with Crippen LogP contribution in [0.5, 0.6) is 5.75 Å². The lowest BCUT2D eigenvalue weighted by atomic mass is 10.1. The Balaban J connectivity index is 2.03. The monoisotopic (exact) mass is 280 g/mol. The molecule has 0 radical (unpaired) electrons. The van der Waals surface area contributed by atoms with Crippen LogP contribution in [0.1, 0.15) is 6.42 Å². The molecule has 0 amide bonds. The quantitative estimate of drug-likeness (QED) is 0.635. The van der Waals surface area contributed by atoms with E-state index in [2.05, 4.69) is 10.2 Å². The van der Waals surface area contributed by atoms with Gasteiger partial charge in [0.05, 0.1) is 0 Å². The number of alkyl halides is 2. The molecule has 2 aromatic carbocycles. The molecule has 1 unspecified atom stereocenters. The molecule has 0 bridgehead atoms. The van der Waals surface area contributed by atoms with Gasteiger partial charge in [-0.1, -0.05) is 53.5 Å². The zero-order chi connectivity index (χ0) is 12.8. The first-order chi connectivity index (χ1) is 8.58. The van der Waals surface area contributed by atoms with Crippen LogP contribution < -0.4 is 0 Å². The van der Waals surface area contributed by atoms with Crippen molar-refractivity contribution in [1.82, 2.24) is 0 Å². The Hall–Kier alpha value is -1.32. The summed E-state index contributed by atoms with van der Waals surface area (Å²) in [4.78, 5) is 0. The third kappa shape index (κ3) is 2.04. The number of phenols is 1. The fourth-order valence-corrected chi connectivity index (χ4v) is 2.18. The van der Waals surface area contributed by atoms with E-state index in [0.29, 0.717) is 12.1 Å². The van der Waals surface area contributed by atoms with Crippen LogP contribution in [-0.4, -0.2) is 15.5 Å². The average molecular weight is 281 g/mol. The lowest BCUT2D eigenvalue weighted by molar-refractivity contribution is 0.477. The van der Waals surface area contributed by atoms with Crippen LogP contribution in [-0.2, 0) is 0 Å². The summed E-state index contributed by atoms with van der Waals surface area (Å²) < 4.78 is -0.788. The first kappa shape index (κ1) is 11.8. The van der Waals surface area contributed by atoms with Gasteiger partial charge < -0.3 is 5.11 Å². The molecule has 3 nitrogen and oxygen atoms in total. The van der Waals surface area contributed by atoms with E-state index < -0.39 is 4.33 Å². The summed E-state index contributed by atoms with van der Waals surface area (Å²) >= 11 is 11.8. The number of fused-ring (bicyclic) bond motifs is 1. The van der Waals surface area contributed by atoms with E-state index in [9.17, 15) is 5.11 Å². The number of halogens is 2. The zero-order valence-electron chi connectivity index (χ0n) is 9.35. The highest BCUT2D eigenvalue weighted by Crippen LogP contribution is 2.50. The molecule has 0 heterocycles. The van der Waals surface area contributed by atoms with Gasteiger partial charge in [-0.3, -0.25) is 0 Å². The largest absolute Gasteiger partial charge is 0.506 e. The first-order valence-electron chi connectivity index (χ1n) is 5.57. The fraction of sp³-hybridized carbons (Fsp3) is 0.231. The smallest absolute Gasteiger partial charge is 0.144 e. The van der Waals surface area contributed by atoms with Crippen molar-refractivity contribution in [3.05, 3.63) is 36.4 Å². The minimum Gasteiger partial charge on any atom is -0.506 e. The minimum atomic E-state index is -0.788. The van der Waals surface area contributed by atoms with Crippen LogP contribution >= 0.6 is 23.2 Å². The SMILES string of the molecule is Oc1ccc2ccccc2c1N=NC1CC1(Cl)Cl. The molecule has 1 aliphatic carbocycles. The number of hydrogen-bond acceptors (Lipinski definition) is 3. The van der Waals surface area contributed by atoms with Gasteiger partial charge in [-0.05, 0) is 11.5 Å². The molecule has 1 aliphatic rings. The third-order valence-corrected chi connectivity index (χ3v) is 3.78. The summed E-state index contributed by atoms with van der Waals surface area (Å²) in [7, 11) is 0. The predicted octanol–water partition coefficient (Wildman–Crippen LogP) is 4.58. The van der Waals surface area contributed by atoms with Crippen molar-refractivity contribution in [3.8, 4) is 5.75 Å². The second-order valence-corrected chi connectivity index (χ2v) is 5.89. The summed E-state index contributed by atoms with van der Waals surface area (Å²) in [6, 6.07) is 10.9. The Morgan fingerprint density at radius 1 is 1.17 bits per heavy atom. The van der Waals surface area contributed by atoms with Crippen LogP contribution in [0.25, 0.3) is 10.8 Å². The van der Waals surface area contributed by atoms with Gasteiger partial charge in [0.1, 0.15) is 21.8 Å². The van der Waals surface area contributed by atoms with Gasteiger partial charge in [0.15, 0.2) is 0 Å². The molecule has 92 valence electrons. The predicted molar refractivity (Wildman–Crippen MR) is 73.0 cm³/mol. The highest BCUT2D eigenvalue weighted by molar-refractivity contribution is 6.51. The zero-order valence-corrected chi connectivity index (χ0v) is 10.9. The van der Waals surface area contributed by atoms with E-state index in [4.69, 9.17) is 23.2 Å². The van der Waals surface area contributed by atoms with E-state index in [-0.39, 0.29) is 11.8 Å². The number of hydrogen-bond donors (Lipinski definition) is 1. The molecule has 1 fully saturated rings. The molecule has 0 spiro atoms. The molecule has 3 rings (SSSR count). The van der Waals surface area contributed by atoms with Crippen molar-refractivity contribution in [3.63, 3.8) is 0 Å². The summed E-state index contributed by atoms with van der Waals surface area (Å²) in [5.74, 6) is 0.104. The summed E-state index contributed by atoms with van der Waals surface area (Å²) in [6.45, 7) is 0. The molecule has 1 N–H and O–H groups in total. The molecular weight excluding hydrogens is 271 g/mol. The maximum absolute atomic E-state index is 9.85. The number of aromatic hydroxyl groups is 1. The average Bonchev–Trinajstić information content (AvgIpc) is 2.96. The number of nitrogens with zero attached hydrogens (tertiary/aromatic N) is 2. The van der Waals surface area contributed by atoms with Crippen LogP contribution in [0.15, 0.2) is 46.6 Å². The Morgan fingerprint density at radius 3 is 2.61 bits per heavy atom. The Morgan fingerprint density at radius 2 is 1.89 bits per heavy atom. The van der Waals surface area contributed by atoms with E-state index in [1.165, 1.54) is 0 Å². The topological polar surface area (TPSA) is 45.0 Å². The van der Waals surface area contributed by atoms with Crippen LogP contribution in [0, 0.1) is 0 Å². The molecule has 18 heavy (non-hydrogen) atoms. The fourth-order valence-electron chi connectivity index (χ4n) is 1.80. The molecule has 0 saturated heterocycles. The molecule has 0 aromatic heterocycles. The Kier molecular flexibility index (Phi) is 2.68. The molecule has 1 saturated carbocycles. The van der Waals surface area contributed by atoms with Crippen molar-refractivity contribution in [1.29, 1.82) is 0 Å². The number of benzene rings is 2.